The Labute approximate surface area is 144 Å². The van der Waals surface area contributed by atoms with E-state index in [4.69, 9.17) is 4.74 Å². The molecule has 1 aliphatic heterocycles. The second-order valence-electron chi connectivity index (χ2n) is 6.00. The Balaban J connectivity index is 1.77. The maximum atomic E-state index is 12.6. The van der Waals surface area contributed by atoms with E-state index in [0.29, 0.717) is 11.3 Å². The molecule has 0 spiro atoms. The molecule has 0 atom stereocenters. The molecule has 3 heteroatoms. The zero-order valence-corrected chi connectivity index (χ0v) is 13.3. The van der Waals surface area contributed by atoms with Crippen molar-refractivity contribution in [3.8, 4) is 11.3 Å². The first kappa shape index (κ1) is 13.9. The molecule has 25 heavy (non-hydrogen) atoms. The van der Waals surface area contributed by atoms with Gasteiger partial charge >= 0.3 is 5.97 Å². The van der Waals surface area contributed by atoms with E-state index in [2.05, 4.69) is 4.98 Å². The van der Waals surface area contributed by atoms with E-state index in [-0.39, 0.29) is 5.97 Å². The zero-order valence-electron chi connectivity index (χ0n) is 13.3. The van der Waals surface area contributed by atoms with Crippen LogP contribution in [0.3, 0.4) is 0 Å². The largest absolute Gasteiger partial charge is 0.422 e. The van der Waals surface area contributed by atoms with Crippen LogP contribution in [0.15, 0.2) is 84.6 Å². The summed E-state index contributed by atoms with van der Waals surface area (Å²) in [7, 11) is 0. The summed E-state index contributed by atoms with van der Waals surface area (Å²) in [5.41, 5.74) is 6.33. The van der Waals surface area contributed by atoms with E-state index in [1.54, 1.807) is 6.20 Å². The fourth-order valence-corrected chi connectivity index (χ4v) is 3.46. The summed E-state index contributed by atoms with van der Waals surface area (Å²) in [6.45, 7) is 0. The summed E-state index contributed by atoms with van der Waals surface area (Å²) >= 11 is 0. The summed E-state index contributed by atoms with van der Waals surface area (Å²) in [6.07, 6.45) is 3.62. The van der Waals surface area contributed by atoms with E-state index >= 15 is 0 Å². The quantitative estimate of drug-likeness (QED) is 0.383. The van der Waals surface area contributed by atoms with E-state index in [1.807, 2.05) is 72.8 Å². The number of pyridine rings is 1. The van der Waals surface area contributed by atoms with Gasteiger partial charge in [-0.1, -0.05) is 60.7 Å². The van der Waals surface area contributed by atoms with Crippen molar-refractivity contribution in [1.29, 1.82) is 0 Å². The average molecular weight is 323 g/mol. The average Bonchev–Trinajstić information content (AvgIpc) is 3.20. The summed E-state index contributed by atoms with van der Waals surface area (Å²) in [6, 6.07) is 21.6. The first-order valence-electron chi connectivity index (χ1n) is 8.11. The third kappa shape index (κ3) is 2.06. The molecule has 0 fully saturated rings. The van der Waals surface area contributed by atoms with Gasteiger partial charge in [-0.05, 0) is 17.7 Å². The van der Waals surface area contributed by atoms with Gasteiger partial charge in [0.05, 0.1) is 11.3 Å². The number of ether oxygens (including phenoxy) is 1. The molecule has 0 unspecified atom stereocenters. The molecule has 1 aliphatic carbocycles. The molecular weight excluding hydrogens is 310 g/mol. The molecule has 0 N–H and O–H groups in total. The molecule has 2 aromatic carbocycles. The fourth-order valence-electron chi connectivity index (χ4n) is 3.46. The van der Waals surface area contributed by atoms with Crippen molar-refractivity contribution in [3.63, 3.8) is 0 Å². The molecule has 2 heterocycles. The highest BCUT2D eigenvalue weighted by Gasteiger charge is 2.32. The lowest BCUT2D eigenvalue weighted by Gasteiger charge is -2.04. The molecule has 0 radical (unpaired) electrons. The maximum Gasteiger partial charge on any atom is 0.344 e. The molecule has 2 aliphatic rings. The Bertz CT molecular complexity index is 1030. The lowest BCUT2D eigenvalue weighted by atomic mass is 9.98. The van der Waals surface area contributed by atoms with Crippen LogP contribution in [0.25, 0.3) is 22.6 Å². The number of benzene rings is 2. The molecule has 118 valence electrons. The van der Waals surface area contributed by atoms with Crippen molar-refractivity contribution in [2.75, 3.05) is 0 Å². The molecule has 1 aromatic heterocycles. The SMILES string of the molecule is O=C1OC(c2ccccc2)=C/C1=C1/c2ccccc2-c2ncccc21. The number of rotatable bonds is 1. The molecule has 3 nitrogen and oxygen atoms in total. The lowest BCUT2D eigenvalue weighted by Crippen LogP contribution is -2.00. The highest BCUT2D eigenvalue weighted by Crippen LogP contribution is 2.46. The number of hydrogen-bond acceptors (Lipinski definition) is 3. The van der Waals surface area contributed by atoms with Crippen LogP contribution in [0.5, 0.6) is 0 Å². The highest BCUT2D eigenvalue weighted by molar-refractivity contribution is 6.14. The van der Waals surface area contributed by atoms with Crippen molar-refractivity contribution in [3.05, 3.63) is 101 Å². The third-order valence-electron chi connectivity index (χ3n) is 4.55. The van der Waals surface area contributed by atoms with Gasteiger partial charge in [0.25, 0.3) is 0 Å². The standard InChI is InChI=1S/C22H13NO2/c24-22-18(13-19(25-22)14-7-2-1-3-8-14)20-15-9-4-5-10-16(15)21-17(20)11-6-12-23-21/h1-13H/b20-18+. The predicted molar refractivity (Wildman–Crippen MR) is 96.2 cm³/mol. The Morgan fingerprint density at radius 3 is 2.32 bits per heavy atom. The van der Waals surface area contributed by atoms with Gasteiger partial charge in [-0.15, -0.1) is 0 Å². The number of esters is 1. The second-order valence-corrected chi connectivity index (χ2v) is 6.00. The van der Waals surface area contributed by atoms with Crippen LogP contribution in [0.2, 0.25) is 0 Å². The monoisotopic (exact) mass is 323 g/mol. The van der Waals surface area contributed by atoms with Gasteiger partial charge in [0.15, 0.2) is 0 Å². The number of carbonyl (C=O) groups excluding carboxylic acids is 1. The number of fused-ring (bicyclic) bond motifs is 3. The van der Waals surface area contributed by atoms with Gasteiger partial charge < -0.3 is 4.74 Å². The van der Waals surface area contributed by atoms with Gasteiger partial charge in [-0.2, -0.15) is 0 Å². The third-order valence-corrected chi connectivity index (χ3v) is 4.55. The van der Waals surface area contributed by atoms with Crippen LogP contribution >= 0.6 is 0 Å². The van der Waals surface area contributed by atoms with Crippen molar-refractivity contribution in [2.45, 2.75) is 0 Å². The van der Waals surface area contributed by atoms with Gasteiger partial charge in [0.1, 0.15) is 5.76 Å². The van der Waals surface area contributed by atoms with Crippen molar-refractivity contribution in [1.82, 2.24) is 4.98 Å². The first-order chi connectivity index (χ1) is 12.3. The first-order valence-corrected chi connectivity index (χ1v) is 8.11. The van der Waals surface area contributed by atoms with Gasteiger partial charge in [-0.25, -0.2) is 4.79 Å². The number of hydrogen-bond donors (Lipinski definition) is 0. The summed E-state index contributed by atoms with van der Waals surface area (Å²) in [5.74, 6) is 0.267. The summed E-state index contributed by atoms with van der Waals surface area (Å²) in [4.78, 5) is 17.1. The van der Waals surface area contributed by atoms with Gasteiger partial charge in [0.2, 0.25) is 0 Å². The number of aromatic nitrogens is 1. The molecule has 0 saturated heterocycles. The minimum absolute atomic E-state index is 0.319. The van der Waals surface area contributed by atoms with E-state index in [9.17, 15) is 4.79 Å². The lowest BCUT2D eigenvalue weighted by molar-refractivity contribution is -0.130. The Hall–Kier alpha value is -3.46. The normalized spacial score (nSPS) is 17.8. The van der Waals surface area contributed by atoms with Crippen LogP contribution < -0.4 is 0 Å². The Morgan fingerprint density at radius 2 is 1.48 bits per heavy atom. The van der Waals surface area contributed by atoms with Gasteiger partial charge in [0, 0.05) is 28.5 Å². The minimum Gasteiger partial charge on any atom is -0.422 e. The van der Waals surface area contributed by atoms with Crippen molar-refractivity contribution in [2.24, 2.45) is 0 Å². The van der Waals surface area contributed by atoms with Crippen LogP contribution in [-0.4, -0.2) is 11.0 Å². The number of cyclic esters (lactones) is 1. The van der Waals surface area contributed by atoms with E-state index in [1.165, 1.54) is 0 Å². The molecule has 0 amide bonds. The Morgan fingerprint density at radius 1 is 0.760 bits per heavy atom. The Kier molecular flexibility index (Phi) is 2.94. The van der Waals surface area contributed by atoms with Crippen LogP contribution in [0.4, 0.5) is 0 Å². The second kappa shape index (κ2) is 5.28. The highest BCUT2D eigenvalue weighted by atomic mass is 16.5. The van der Waals surface area contributed by atoms with E-state index < -0.39 is 0 Å². The fraction of sp³-hybridized carbons (Fsp3) is 0. The van der Waals surface area contributed by atoms with Crippen molar-refractivity contribution < 1.29 is 9.53 Å². The molecular formula is C22H13NO2. The summed E-state index contributed by atoms with van der Waals surface area (Å²) < 4.78 is 5.55. The smallest absolute Gasteiger partial charge is 0.344 e. The van der Waals surface area contributed by atoms with Gasteiger partial charge in [-0.3, -0.25) is 4.98 Å². The molecule has 0 saturated carbocycles. The molecule has 0 bridgehead atoms. The maximum absolute atomic E-state index is 12.6. The van der Waals surface area contributed by atoms with Crippen molar-refractivity contribution >= 4 is 17.3 Å². The molecule has 5 rings (SSSR count). The van der Waals surface area contributed by atoms with E-state index in [0.717, 1.165) is 33.5 Å². The number of carbonyl (C=O) groups is 1. The number of nitrogens with zero attached hydrogens (tertiary/aromatic N) is 1. The topological polar surface area (TPSA) is 39.2 Å². The summed E-state index contributed by atoms with van der Waals surface area (Å²) in [5, 5.41) is 0. The van der Waals surface area contributed by atoms with Crippen LogP contribution in [0.1, 0.15) is 16.7 Å². The zero-order chi connectivity index (χ0) is 16.8. The predicted octanol–water partition coefficient (Wildman–Crippen LogP) is 4.46. The molecule has 3 aromatic rings. The minimum atomic E-state index is -0.319. The van der Waals surface area contributed by atoms with Crippen LogP contribution in [-0.2, 0) is 9.53 Å². The van der Waals surface area contributed by atoms with Crippen LogP contribution in [0, 0.1) is 0 Å².